The number of ether oxygens (including phenoxy) is 1. The van der Waals surface area contributed by atoms with Crippen molar-refractivity contribution in [2.45, 2.75) is 19.8 Å². The molecule has 1 heterocycles. The van der Waals surface area contributed by atoms with E-state index in [0.29, 0.717) is 12.3 Å². The molecule has 0 aliphatic heterocycles. The number of unbranched alkanes of at least 4 members (excludes halogenated alkanes) is 1. The van der Waals surface area contributed by atoms with E-state index in [-0.39, 0.29) is 5.02 Å². The highest BCUT2D eigenvalue weighted by atomic mass is 35.5. The summed E-state index contributed by atoms with van der Waals surface area (Å²) < 4.78 is 5.63. The predicted octanol–water partition coefficient (Wildman–Crippen LogP) is 3.05. The summed E-state index contributed by atoms with van der Waals surface area (Å²) in [5.74, 6) is 0.799. The van der Waals surface area contributed by atoms with E-state index in [1.165, 1.54) is 6.20 Å². The lowest BCUT2D eigenvalue weighted by molar-refractivity contribution is 0.309. The second-order valence-electron chi connectivity index (χ2n) is 4.57. The van der Waals surface area contributed by atoms with Crippen LogP contribution in [0.15, 0.2) is 40.4 Å². The van der Waals surface area contributed by atoms with Gasteiger partial charge in [0.25, 0.3) is 5.56 Å². The molecule has 0 aliphatic carbocycles. The Bertz CT molecular complexity index is 700. The maximum atomic E-state index is 11.3. The lowest BCUT2D eigenvalue weighted by Gasteiger charge is -2.05. The molecule has 0 atom stereocenters. The van der Waals surface area contributed by atoms with Gasteiger partial charge in [0, 0.05) is 0 Å². The SMILES string of the molecule is CCCCOc1cccc(/C=N\Nc2cn[nH]c(=O)c2Cl)c1. The molecule has 0 saturated heterocycles. The normalized spacial score (nSPS) is 10.8. The molecular weight excluding hydrogens is 304 g/mol. The molecular formula is C15H17ClN4O2. The van der Waals surface area contributed by atoms with Gasteiger partial charge in [-0.1, -0.05) is 37.1 Å². The Morgan fingerprint density at radius 2 is 2.36 bits per heavy atom. The smallest absolute Gasteiger partial charge is 0.285 e. The van der Waals surface area contributed by atoms with Gasteiger partial charge in [-0.05, 0) is 24.1 Å². The number of hydrogen-bond acceptors (Lipinski definition) is 5. The zero-order valence-electron chi connectivity index (χ0n) is 12.2. The number of aromatic nitrogens is 2. The number of nitrogens with one attached hydrogen (secondary N) is 2. The van der Waals surface area contributed by atoms with E-state index in [9.17, 15) is 4.79 Å². The van der Waals surface area contributed by atoms with Crippen molar-refractivity contribution in [3.63, 3.8) is 0 Å². The summed E-state index contributed by atoms with van der Waals surface area (Å²) in [6.45, 7) is 2.82. The first-order valence-corrected chi connectivity index (χ1v) is 7.33. The summed E-state index contributed by atoms with van der Waals surface area (Å²) >= 11 is 5.83. The molecule has 2 rings (SSSR count). The summed E-state index contributed by atoms with van der Waals surface area (Å²) in [6, 6.07) is 7.58. The van der Waals surface area contributed by atoms with Crippen LogP contribution in [0.1, 0.15) is 25.3 Å². The summed E-state index contributed by atoms with van der Waals surface area (Å²) in [4.78, 5) is 11.3. The number of aromatic amines is 1. The third-order valence-electron chi connectivity index (χ3n) is 2.82. The highest BCUT2D eigenvalue weighted by Gasteiger charge is 2.02. The summed E-state index contributed by atoms with van der Waals surface area (Å²) in [6.07, 6.45) is 5.12. The Kier molecular flexibility index (Phi) is 5.97. The Labute approximate surface area is 133 Å². The lowest BCUT2D eigenvalue weighted by atomic mass is 10.2. The van der Waals surface area contributed by atoms with E-state index in [1.807, 2.05) is 24.3 Å². The van der Waals surface area contributed by atoms with Crippen LogP contribution in [0.3, 0.4) is 0 Å². The molecule has 0 spiro atoms. The number of halogens is 1. The molecule has 2 N–H and O–H groups in total. The first-order valence-electron chi connectivity index (χ1n) is 6.96. The standard InChI is InChI=1S/C15H17ClN4O2/c1-2-3-7-22-12-6-4-5-11(8-12)9-17-19-13-10-18-20-15(21)14(13)16/h4-6,8-10H,2-3,7H2,1H3,(H2,19,20,21)/b17-9-. The van der Waals surface area contributed by atoms with Gasteiger partial charge in [0.15, 0.2) is 0 Å². The predicted molar refractivity (Wildman–Crippen MR) is 87.9 cm³/mol. The van der Waals surface area contributed by atoms with E-state index < -0.39 is 5.56 Å². The maximum absolute atomic E-state index is 11.3. The second kappa shape index (κ2) is 8.19. The minimum atomic E-state index is -0.465. The summed E-state index contributed by atoms with van der Waals surface area (Å²) in [5.41, 5.74) is 3.44. The topological polar surface area (TPSA) is 79.4 Å². The van der Waals surface area contributed by atoms with Gasteiger partial charge in [0.05, 0.1) is 19.0 Å². The number of H-pyrrole nitrogens is 1. The fourth-order valence-electron chi connectivity index (χ4n) is 1.66. The highest BCUT2D eigenvalue weighted by Crippen LogP contribution is 2.15. The number of benzene rings is 1. The number of hydrogen-bond donors (Lipinski definition) is 2. The Balaban J connectivity index is 1.99. The number of anilines is 1. The average molecular weight is 321 g/mol. The van der Waals surface area contributed by atoms with Crippen LogP contribution in [-0.4, -0.2) is 23.0 Å². The Morgan fingerprint density at radius 1 is 1.50 bits per heavy atom. The van der Waals surface area contributed by atoms with Crippen molar-refractivity contribution in [2.24, 2.45) is 5.10 Å². The molecule has 116 valence electrons. The van der Waals surface area contributed by atoms with Crippen molar-refractivity contribution >= 4 is 23.5 Å². The lowest BCUT2D eigenvalue weighted by Crippen LogP contribution is -2.10. The van der Waals surface area contributed by atoms with Gasteiger partial charge < -0.3 is 4.74 Å². The monoisotopic (exact) mass is 320 g/mol. The van der Waals surface area contributed by atoms with E-state index in [4.69, 9.17) is 16.3 Å². The Hall–Kier alpha value is -2.34. The zero-order chi connectivity index (χ0) is 15.8. The molecule has 1 aromatic heterocycles. The molecule has 0 bridgehead atoms. The van der Waals surface area contributed by atoms with E-state index in [0.717, 1.165) is 24.2 Å². The van der Waals surface area contributed by atoms with Gasteiger partial charge >= 0.3 is 0 Å². The van der Waals surface area contributed by atoms with E-state index in [2.05, 4.69) is 27.6 Å². The molecule has 0 unspecified atom stereocenters. The molecule has 6 nitrogen and oxygen atoms in total. The molecule has 0 aliphatic rings. The van der Waals surface area contributed by atoms with Crippen molar-refractivity contribution in [1.29, 1.82) is 0 Å². The van der Waals surface area contributed by atoms with Crippen LogP contribution >= 0.6 is 11.6 Å². The van der Waals surface area contributed by atoms with Crippen LogP contribution in [0.4, 0.5) is 5.69 Å². The minimum absolute atomic E-state index is 0.0174. The number of hydrazone groups is 1. The molecule has 0 fully saturated rings. The van der Waals surface area contributed by atoms with Gasteiger partial charge in [-0.3, -0.25) is 10.2 Å². The van der Waals surface area contributed by atoms with E-state index >= 15 is 0 Å². The van der Waals surface area contributed by atoms with Gasteiger partial charge in [-0.25, -0.2) is 5.10 Å². The van der Waals surface area contributed by atoms with Gasteiger partial charge in [0.1, 0.15) is 16.5 Å². The highest BCUT2D eigenvalue weighted by molar-refractivity contribution is 6.32. The number of nitrogens with zero attached hydrogens (tertiary/aromatic N) is 2. The molecule has 0 radical (unpaired) electrons. The number of rotatable bonds is 7. The first kappa shape index (κ1) is 16.0. The molecule has 2 aromatic rings. The minimum Gasteiger partial charge on any atom is -0.494 e. The molecule has 7 heteroatoms. The van der Waals surface area contributed by atoms with E-state index in [1.54, 1.807) is 6.21 Å². The van der Waals surface area contributed by atoms with Crippen LogP contribution in [0.25, 0.3) is 0 Å². The van der Waals surface area contributed by atoms with Gasteiger partial charge in [-0.15, -0.1) is 0 Å². The van der Waals surface area contributed by atoms with Crippen molar-refractivity contribution in [3.05, 3.63) is 51.4 Å². The van der Waals surface area contributed by atoms with Crippen LogP contribution in [-0.2, 0) is 0 Å². The third kappa shape index (κ3) is 4.60. The average Bonchev–Trinajstić information content (AvgIpc) is 2.52. The van der Waals surface area contributed by atoms with Crippen LogP contribution in [0, 0.1) is 0 Å². The van der Waals surface area contributed by atoms with Crippen LogP contribution in [0.5, 0.6) is 5.75 Å². The fraction of sp³-hybridized carbons (Fsp3) is 0.267. The van der Waals surface area contributed by atoms with Gasteiger partial charge in [0.2, 0.25) is 0 Å². The van der Waals surface area contributed by atoms with Crippen molar-refractivity contribution in [1.82, 2.24) is 10.2 Å². The fourth-order valence-corrected chi connectivity index (χ4v) is 1.79. The molecule has 1 aromatic carbocycles. The summed E-state index contributed by atoms with van der Waals surface area (Å²) in [5, 5.41) is 9.94. The summed E-state index contributed by atoms with van der Waals surface area (Å²) in [7, 11) is 0. The van der Waals surface area contributed by atoms with Crippen molar-refractivity contribution < 1.29 is 4.74 Å². The largest absolute Gasteiger partial charge is 0.494 e. The van der Waals surface area contributed by atoms with Gasteiger partial charge in [-0.2, -0.15) is 10.2 Å². The zero-order valence-corrected chi connectivity index (χ0v) is 12.9. The quantitative estimate of drug-likeness (QED) is 0.467. The molecule has 0 saturated carbocycles. The molecule has 22 heavy (non-hydrogen) atoms. The van der Waals surface area contributed by atoms with Crippen molar-refractivity contribution in [3.8, 4) is 5.75 Å². The Morgan fingerprint density at radius 3 is 3.18 bits per heavy atom. The van der Waals surface area contributed by atoms with Crippen molar-refractivity contribution in [2.75, 3.05) is 12.0 Å². The maximum Gasteiger partial charge on any atom is 0.285 e. The molecule has 0 amide bonds. The first-order chi connectivity index (χ1) is 10.7. The van der Waals surface area contributed by atoms with Crippen LogP contribution < -0.4 is 15.7 Å². The van der Waals surface area contributed by atoms with Crippen LogP contribution in [0.2, 0.25) is 5.02 Å². The second-order valence-corrected chi connectivity index (χ2v) is 4.95. The third-order valence-corrected chi connectivity index (χ3v) is 3.19.